The van der Waals surface area contributed by atoms with E-state index < -0.39 is 5.60 Å². The molecular formula is C20H29FN2O2. The summed E-state index contributed by atoms with van der Waals surface area (Å²) in [7, 11) is 3.47. The molecule has 0 bridgehead atoms. The molecule has 1 aromatic carbocycles. The van der Waals surface area contributed by atoms with Gasteiger partial charge in [-0.2, -0.15) is 0 Å². The van der Waals surface area contributed by atoms with Gasteiger partial charge in [-0.05, 0) is 57.3 Å². The number of carbonyl (C=O) groups is 1. The van der Waals surface area contributed by atoms with Crippen LogP contribution in [-0.4, -0.2) is 49.5 Å². The Labute approximate surface area is 149 Å². The van der Waals surface area contributed by atoms with Crippen molar-refractivity contribution >= 4 is 5.91 Å². The molecule has 3 rings (SSSR count). The Hall–Kier alpha value is -1.46. The molecule has 0 atom stereocenters. The molecule has 0 unspecified atom stereocenters. The van der Waals surface area contributed by atoms with E-state index in [2.05, 4.69) is 4.90 Å². The minimum Gasteiger partial charge on any atom is -0.373 e. The summed E-state index contributed by atoms with van der Waals surface area (Å²) >= 11 is 0. The molecule has 1 aliphatic carbocycles. The van der Waals surface area contributed by atoms with Gasteiger partial charge in [0.2, 0.25) is 5.91 Å². The van der Waals surface area contributed by atoms with E-state index in [-0.39, 0.29) is 17.6 Å². The van der Waals surface area contributed by atoms with Crippen LogP contribution in [0.5, 0.6) is 0 Å². The maximum Gasteiger partial charge on any atom is 0.225 e. The highest BCUT2D eigenvalue weighted by Gasteiger charge is 2.49. The third-order valence-electron chi connectivity index (χ3n) is 5.91. The minimum atomic E-state index is -0.526. The SMILES string of the molecule is CCN(C)C(=O)C1CC(OC)(c2ccc(CN3CCCC3)c(F)c2)C1. The van der Waals surface area contributed by atoms with Crippen LogP contribution in [0, 0.1) is 11.7 Å². The van der Waals surface area contributed by atoms with E-state index in [0.29, 0.717) is 25.9 Å². The molecule has 1 saturated heterocycles. The number of amides is 1. The van der Waals surface area contributed by atoms with Crippen LogP contribution in [-0.2, 0) is 21.7 Å². The standard InChI is InChI=1S/C20H29FN2O2/c1-4-22(2)19(24)16-12-20(13-16,25-3)17-8-7-15(18(21)11-17)14-23-9-5-6-10-23/h7-8,11,16H,4-6,9-10,12-14H2,1-3H3. The van der Waals surface area contributed by atoms with Crippen LogP contribution in [0.4, 0.5) is 4.39 Å². The summed E-state index contributed by atoms with van der Waals surface area (Å²) < 4.78 is 20.3. The van der Waals surface area contributed by atoms with Gasteiger partial charge in [-0.3, -0.25) is 9.69 Å². The maximum atomic E-state index is 14.6. The summed E-state index contributed by atoms with van der Waals surface area (Å²) in [6.07, 6.45) is 3.65. The minimum absolute atomic E-state index is 0.0303. The van der Waals surface area contributed by atoms with Gasteiger partial charge in [-0.1, -0.05) is 12.1 Å². The van der Waals surface area contributed by atoms with Crippen molar-refractivity contribution in [1.29, 1.82) is 0 Å². The van der Waals surface area contributed by atoms with E-state index in [1.807, 2.05) is 26.1 Å². The predicted octanol–water partition coefficient (Wildman–Crippen LogP) is 3.15. The predicted molar refractivity (Wildman–Crippen MR) is 95.6 cm³/mol. The average Bonchev–Trinajstić information content (AvgIpc) is 3.08. The van der Waals surface area contributed by atoms with Crippen LogP contribution in [0.1, 0.15) is 43.7 Å². The highest BCUT2D eigenvalue weighted by atomic mass is 19.1. The summed E-state index contributed by atoms with van der Waals surface area (Å²) in [4.78, 5) is 16.3. The second kappa shape index (κ2) is 7.42. The molecule has 1 saturated carbocycles. The van der Waals surface area contributed by atoms with E-state index >= 15 is 0 Å². The zero-order valence-corrected chi connectivity index (χ0v) is 15.6. The molecule has 1 amide bonds. The van der Waals surface area contributed by atoms with Crippen molar-refractivity contribution < 1.29 is 13.9 Å². The highest BCUT2D eigenvalue weighted by Crippen LogP contribution is 2.49. The third-order valence-corrected chi connectivity index (χ3v) is 5.91. The zero-order valence-electron chi connectivity index (χ0n) is 15.6. The second-order valence-corrected chi connectivity index (χ2v) is 7.45. The summed E-state index contributed by atoms with van der Waals surface area (Å²) in [5.74, 6) is -0.0418. The zero-order chi connectivity index (χ0) is 18.0. The normalized spacial score (nSPS) is 26.5. The fourth-order valence-corrected chi connectivity index (χ4v) is 4.04. The van der Waals surface area contributed by atoms with Gasteiger partial charge in [-0.15, -0.1) is 0 Å². The molecule has 0 N–H and O–H groups in total. The Bertz CT molecular complexity index is 622. The van der Waals surface area contributed by atoms with Gasteiger partial charge in [0.15, 0.2) is 0 Å². The molecule has 25 heavy (non-hydrogen) atoms. The molecule has 1 heterocycles. The van der Waals surface area contributed by atoms with Gasteiger partial charge in [0.05, 0.1) is 5.60 Å². The summed E-state index contributed by atoms with van der Waals surface area (Å²) in [5, 5.41) is 0. The number of methoxy groups -OCH3 is 1. The van der Waals surface area contributed by atoms with Crippen LogP contribution in [0.15, 0.2) is 18.2 Å². The van der Waals surface area contributed by atoms with Crippen molar-refractivity contribution in [1.82, 2.24) is 9.80 Å². The smallest absolute Gasteiger partial charge is 0.225 e. The second-order valence-electron chi connectivity index (χ2n) is 7.45. The van der Waals surface area contributed by atoms with Crippen LogP contribution in [0.2, 0.25) is 0 Å². The Balaban J connectivity index is 1.70. The fraction of sp³-hybridized carbons (Fsp3) is 0.650. The number of ether oxygens (including phenoxy) is 1. The molecule has 0 spiro atoms. The highest BCUT2D eigenvalue weighted by molar-refractivity contribution is 5.80. The van der Waals surface area contributed by atoms with Gasteiger partial charge in [0, 0.05) is 38.7 Å². The first kappa shape index (κ1) is 18.3. The van der Waals surface area contributed by atoms with Crippen molar-refractivity contribution in [2.75, 3.05) is 33.8 Å². The average molecular weight is 348 g/mol. The van der Waals surface area contributed by atoms with Crippen molar-refractivity contribution in [3.8, 4) is 0 Å². The van der Waals surface area contributed by atoms with Gasteiger partial charge in [0.25, 0.3) is 0 Å². The number of nitrogens with zero attached hydrogens (tertiary/aromatic N) is 2. The first-order valence-corrected chi connectivity index (χ1v) is 9.30. The summed E-state index contributed by atoms with van der Waals surface area (Å²) in [6, 6.07) is 5.47. The van der Waals surface area contributed by atoms with Crippen molar-refractivity contribution in [3.63, 3.8) is 0 Å². The van der Waals surface area contributed by atoms with E-state index in [1.165, 1.54) is 12.8 Å². The largest absolute Gasteiger partial charge is 0.373 e. The number of hydrogen-bond acceptors (Lipinski definition) is 3. The Kier molecular flexibility index (Phi) is 5.44. The Morgan fingerprint density at radius 1 is 1.36 bits per heavy atom. The first-order valence-electron chi connectivity index (χ1n) is 9.30. The number of halogens is 1. The molecule has 5 heteroatoms. The topological polar surface area (TPSA) is 32.8 Å². The summed E-state index contributed by atoms with van der Waals surface area (Å²) in [5.41, 5.74) is 1.07. The number of benzene rings is 1. The summed E-state index contributed by atoms with van der Waals surface area (Å²) in [6.45, 7) is 5.45. The first-order chi connectivity index (χ1) is 12.0. The van der Waals surface area contributed by atoms with E-state index in [4.69, 9.17) is 4.74 Å². The number of rotatable bonds is 6. The van der Waals surface area contributed by atoms with Crippen molar-refractivity contribution in [3.05, 3.63) is 35.1 Å². The number of carbonyl (C=O) groups excluding carboxylic acids is 1. The molecule has 0 radical (unpaired) electrons. The van der Waals surface area contributed by atoms with E-state index in [1.54, 1.807) is 18.1 Å². The third kappa shape index (κ3) is 3.58. The Morgan fingerprint density at radius 3 is 2.60 bits per heavy atom. The molecule has 1 aliphatic heterocycles. The van der Waals surface area contributed by atoms with Gasteiger partial charge < -0.3 is 9.64 Å². The lowest BCUT2D eigenvalue weighted by molar-refractivity contribution is -0.157. The van der Waals surface area contributed by atoms with E-state index in [9.17, 15) is 9.18 Å². The quantitative estimate of drug-likeness (QED) is 0.792. The molecular weight excluding hydrogens is 319 g/mol. The maximum absolute atomic E-state index is 14.6. The lowest BCUT2D eigenvalue weighted by atomic mass is 9.66. The van der Waals surface area contributed by atoms with Crippen molar-refractivity contribution in [2.24, 2.45) is 5.92 Å². The lowest BCUT2D eigenvalue weighted by Crippen LogP contribution is -2.49. The van der Waals surface area contributed by atoms with Crippen molar-refractivity contribution in [2.45, 2.75) is 44.8 Å². The molecule has 138 valence electrons. The number of hydrogen-bond donors (Lipinski definition) is 0. The molecule has 2 fully saturated rings. The monoisotopic (exact) mass is 348 g/mol. The van der Waals surface area contributed by atoms with Crippen LogP contribution < -0.4 is 0 Å². The van der Waals surface area contributed by atoms with Crippen LogP contribution in [0.25, 0.3) is 0 Å². The Morgan fingerprint density at radius 2 is 2.04 bits per heavy atom. The lowest BCUT2D eigenvalue weighted by Gasteiger charge is -2.47. The number of likely N-dealkylation sites (tertiary alicyclic amines) is 1. The fourth-order valence-electron chi connectivity index (χ4n) is 4.04. The molecule has 2 aliphatic rings. The van der Waals surface area contributed by atoms with Crippen LogP contribution in [0.3, 0.4) is 0 Å². The van der Waals surface area contributed by atoms with Crippen LogP contribution >= 0.6 is 0 Å². The molecule has 1 aromatic rings. The molecule has 0 aromatic heterocycles. The van der Waals surface area contributed by atoms with Gasteiger partial charge in [-0.25, -0.2) is 4.39 Å². The van der Waals surface area contributed by atoms with Gasteiger partial charge >= 0.3 is 0 Å². The van der Waals surface area contributed by atoms with Gasteiger partial charge in [0.1, 0.15) is 5.82 Å². The van der Waals surface area contributed by atoms with E-state index in [0.717, 1.165) is 24.2 Å². The molecule has 4 nitrogen and oxygen atoms in total.